The Morgan fingerprint density at radius 3 is 2.33 bits per heavy atom. The lowest BCUT2D eigenvalue weighted by Crippen LogP contribution is -2.54. The van der Waals surface area contributed by atoms with Gasteiger partial charge in [0.05, 0.1) is 31.7 Å². The number of hydrogen-bond acceptors (Lipinski definition) is 7. The van der Waals surface area contributed by atoms with Crippen molar-refractivity contribution < 1.29 is 34.1 Å². The van der Waals surface area contributed by atoms with Crippen molar-refractivity contribution in [1.82, 2.24) is 10.6 Å². The van der Waals surface area contributed by atoms with Crippen molar-refractivity contribution in [3.63, 3.8) is 0 Å². The summed E-state index contributed by atoms with van der Waals surface area (Å²) in [5, 5.41) is 24.1. The van der Waals surface area contributed by atoms with Crippen LogP contribution in [0.4, 0.5) is 0 Å². The number of Topliss-reactive ketones (excluding diaryl/α,β-unsaturated/α-hetero) is 1. The van der Waals surface area contributed by atoms with Crippen LogP contribution in [0.1, 0.15) is 31.4 Å². The molecule has 2 atom stereocenters. The predicted molar refractivity (Wildman–Crippen MR) is 137 cm³/mol. The lowest BCUT2D eigenvalue weighted by Gasteiger charge is -2.24. The highest BCUT2D eigenvalue weighted by atomic mass is 32.2. The van der Waals surface area contributed by atoms with Gasteiger partial charge < -0.3 is 25.6 Å². The molecule has 10 heteroatoms. The molecule has 0 bridgehead atoms. The van der Waals surface area contributed by atoms with Crippen LogP contribution < -0.4 is 15.4 Å². The average molecular weight is 517 g/mol. The van der Waals surface area contributed by atoms with E-state index in [4.69, 9.17) is 4.74 Å². The Hall–Kier alpha value is -3.53. The average Bonchev–Trinajstić information content (AvgIpc) is 2.82. The van der Waals surface area contributed by atoms with E-state index in [0.29, 0.717) is 17.1 Å². The van der Waals surface area contributed by atoms with E-state index in [1.54, 1.807) is 13.8 Å². The highest BCUT2D eigenvalue weighted by Gasteiger charge is 2.30. The van der Waals surface area contributed by atoms with Gasteiger partial charge in [-0.1, -0.05) is 44.2 Å². The summed E-state index contributed by atoms with van der Waals surface area (Å²) in [7, 11) is 1.44. The van der Waals surface area contributed by atoms with Gasteiger partial charge in [-0.25, -0.2) is 0 Å². The van der Waals surface area contributed by atoms with Gasteiger partial charge in [-0.2, -0.15) is 0 Å². The summed E-state index contributed by atoms with van der Waals surface area (Å²) in [5.41, 5.74) is 1.47. The Labute approximate surface area is 214 Å². The quantitative estimate of drug-likeness (QED) is 0.300. The highest BCUT2D eigenvalue weighted by Crippen LogP contribution is 2.23. The van der Waals surface area contributed by atoms with E-state index in [1.807, 2.05) is 30.3 Å². The van der Waals surface area contributed by atoms with Crippen molar-refractivity contribution >= 4 is 35.3 Å². The Morgan fingerprint density at radius 2 is 1.72 bits per heavy atom. The van der Waals surface area contributed by atoms with Crippen LogP contribution in [0.5, 0.6) is 11.5 Å². The number of methoxy groups -OCH3 is 1. The predicted octanol–water partition coefficient (Wildman–Crippen LogP) is 2.55. The molecule has 0 fully saturated rings. The fraction of sp³-hybridized carbons (Fsp3) is 0.385. The summed E-state index contributed by atoms with van der Waals surface area (Å²) in [6.07, 6.45) is -0.711. The monoisotopic (exact) mass is 516 g/mol. The van der Waals surface area contributed by atoms with Crippen molar-refractivity contribution in [2.75, 3.05) is 12.9 Å². The molecule has 0 saturated carbocycles. The number of hydrogen-bond donors (Lipinski definition) is 4. The normalized spacial score (nSPS) is 12.4. The Morgan fingerprint density at radius 1 is 1.03 bits per heavy atom. The summed E-state index contributed by atoms with van der Waals surface area (Å²) in [5.74, 6) is -2.13. The molecule has 194 valence electrons. The van der Waals surface area contributed by atoms with E-state index < -0.39 is 42.1 Å². The molecule has 0 aliphatic rings. The largest absolute Gasteiger partial charge is 0.508 e. The first-order valence-electron chi connectivity index (χ1n) is 11.4. The number of ether oxygens (including phenoxy) is 1. The van der Waals surface area contributed by atoms with Gasteiger partial charge in [0.15, 0.2) is 5.78 Å². The van der Waals surface area contributed by atoms with E-state index in [0.717, 1.165) is 5.56 Å². The number of carboxylic acids is 1. The van der Waals surface area contributed by atoms with Gasteiger partial charge in [0.25, 0.3) is 0 Å². The summed E-state index contributed by atoms with van der Waals surface area (Å²) in [6, 6.07) is 11.7. The van der Waals surface area contributed by atoms with Crippen molar-refractivity contribution in [3.8, 4) is 11.5 Å². The molecule has 2 rings (SSSR count). The molecular formula is C26H32N2O7S. The molecule has 0 aromatic heterocycles. The first kappa shape index (κ1) is 28.7. The standard InChI is InChI=1S/C26H32N2O7S/c1-16(2)25(28-23(31)12-18-11-19(29)9-10-22(18)35-3)26(34)27-20(13-24(32)33)21(30)15-36-14-17-7-5-4-6-8-17/h4-11,16,20,25,29H,12-15H2,1-3H3,(H,27,34)(H,28,31)(H,32,33)/t20-,25-/m0/s1. The van der Waals surface area contributed by atoms with Gasteiger partial charge in [-0.15, -0.1) is 11.8 Å². The van der Waals surface area contributed by atoms with E-state index >= 15 is 0 Å². The van der Waals surface area contributed by atoms with Gasteiger partial charge in [0.1, 0.15) is 17.5 Å². The molecule has 2 aromatic rings. The molecule has 0 aliphatic heterocycles. The Kier molecular flexibility index (Phi) is 11.3. The Balaban J connectivity index is 2.03. The summed E-state index contributed by atoms with van der Waals surface area (Å²) < 4.78 is 5.21. The third-order valence-corrected chi connectivity index (χ3v) is 6.35. The van der Waals surface area contributed by atoms with Crippen LogP contribution in [-0.2, 0) is 31.4 Å². The highest BCUT2D eigenvalue weighted by molar-refractivity contribution is 7.99. The SMILES string of the molecule is COc1ccc(O)cc1CC(=O)N[C@H](C(=O)N[C@@H](CC(=O)O)C(=O)CSCc1ccccc1)C(C)C. The van der Waals surface area contributed by atoms with E-state index in [1.165, 1.54) is 37.1 Å². The van der Waals surface area contributed by atoms with Crippen molar-refractivity contribution in [3.05, 3.63) is 59.7 Å². The minimum Gasteiger partial charge on any atom is -0.508 e. The lowest BCUT2D eigenvalue weighted by atomic mass is 10.0. The smallest absolute Gasteiger partial charge is 0.305 e. The van der Waals surface area contributed by atoms with Gasteiger partial charge in [-0.3, -0.25) is 19.2 Å². The third-order valence-electron chi connectivity index (χ3n) is 5.32. The second-order valence-corrected chi connectivity index (χ2v) is 9.55. The molecule has 2 aromatic carbocycles. The number of thioether (sulfide) groups is 1. The molecule has 0 heterocycles. The van der Waals surface area contributed by atoms with Crippen molar-refractivity contribution in [2.24, 2.45) is 5.92 Å². The zero-order valence-corrected chi connectivity index (χ0v) is 21.3. The second kappa shape index (κ2) is 14.1. The fourth-order valence-corrected chi connectivity index (χ4v) is 4.39. The van der Waals surface area contributed by atoms with E-state index in [9.17, 15) is 29.4 Å². The number of phenols is 1. The zero-order chi connectivity index (χ0) is 26.7. The molecule has 0 radical (unpaired) electrons. The molecular weight excluding hydrogens is 484 g/mol. The molecule has 4 N–H and O–H groups in total. The van der Waals surface area contributed by atoms with Crippen molar-refractivity contribution in [1.29, 1.82) is 0 Å². The summed E-state index contributed by atoms with van der Waals surface area (Å²) in [6.45, 7) is 3.45. The van der Waals surface area contributed by atoms with Gasteiger partial charge in [0, 0.05) is 11.3 Å². The minimum absolute atomic E-state index is 0.0306. The van der Waals surface area contributed by atoms with E-state index in [2.05, 4.69) is 10.6 Å². The first-order chi connectivity index (χ1) is 17.1. The van der Waals surface area contributed by atoms with Crippen LogP contribution in [-0.4, -0.2) is 58.7 Å². The first-order valence-corrected chi connectivity index (χ1v) is 12.6. The maximum Gasteiger partial charge on any atom is 0.305 e. The van der Waals surface area contributed by atoms with Crippen LogP contribution in [0.2, 0.25) is 0 Å². The topological polar surface area (TPSA) is 142 Å². The minimum atomic E-state index is -1.22. The number of rotatable bonds is 14. The number of aromatic hydroxyl groups is 1. The number of aliphatic carboxylic acids is 1. The van der Waals surface area contributed by atoms with Crippen LogP contribution in [0.25, 0.3) is 0 Å². The number of carbonyl (C=O) groups excluding carboxylic acids is 3. The van der Waals surface area contributed by atoms with Crippen LogP contribution in [0.3, 0.4) is 0 Å². The number of nitrogens with one attached hydrogen (secondary N) is 2. The molecule has 2 amide bonds. The maximum atomic E-state index is 13.0. The maximum absolute atomic E-state index is 13.0. The fourth-order valence-electron chi connectivity index (χ4n) is 3.46. The van der Waals surface area contributed by atoms with Gasteiger partial charge in [0.2, 0.25) is 11.8 Å². The lowest BCUT2D eigenvalue weighted by molar-refractivity contribution is -0.140. The molecule has 9 nitrogen and oxygen atoms in total. The number of carbonyl (C=O) groups is 4. The van der Waals surface area contributed by atoms with Crippen molar-refractivity contribution in [2.45, 2.75) is 44.5 Å². The van der Waals surface area contributed by atoms with Crippen LogP contribution in [0.15, 0.2) is 48.5 Å². The van der Waals surface area contributed by atoms with Gasteiger partial charge in [-0.05, 0) is 29.7 Å². The van der Waals surface area contributed by atoms with E-state index in [-0.39, 0.29) is 23.8 Å². The molecule has 36 heavy (non-hydrogen) atoms. The Bertz CT molecular complexity index is 1060. The number of ketones is 1. The number of benzene rings is 2. The number of amides is 2. The summed E-state index contributed by atoms with van der Waals surface area (Å²) >= 11 is 1.33. The number of carboxylic acid groups (broad SMARTS) is 1. The zero-order valence-electron chi connectivity index (χ0n) is 20.5. The second-order valence-electron chi connectivity index (χ2n) is 8.57. The molecule has 0 aliphatic carbocycles. The third kappa shape index (κ3) is 9.26. The van der Waals surface area contributed by atoms with Gasteiger partial charge >= 0.3 is 5.97 Å². The number of phenolic OH excluding ortho intramolecular Hbond substituents is 1. The molecule has 0 spiro atoms. The summed E-state index contributed by atoms with van der Waals surface area (Å²) in [4.78, 5) is 49.8. The molecule has 0 unspecified atom stereocenters. The van der Waals surface area contributed by atoms with Crippen LogP contribution in [0, 0.1) is 5.92 Å². The molecule has 0 saturated heterocycles. The van der Waals surface area contributed by atoms with Crippen LogP contribution >= 0.6 is 11.8 Å².